The highest BCUT2D eigenvalue weighted by molar-refractivity contribution is 5.93. The molecule has 0 amide bonds. The van der Waals surface area contributed by atoms with Crippen molar-refractivity contribution in [3.8, 4) is 12.1 Å². The van der Waals surface area contributed by atoms with Gasteiger partial charge in [0.05, 0.1) is 11.5 Å². The maximum atomic E-state index is 12.9. The van der Waals surface area contributed by atoms with Crippen molar-refractivity contribution in [2.24, 2.45) is 11.3 Å². The molecule has 6 rings (SSSR count). The molecule has 35 heavy (non-hydrogen) atoms. The van der Waals surface area contributed by atoms with Gasteiger partial charge in [-0.15, -0.1) is 0 Å². The number of ketones is 1. The molecule has 0 unspecified atom stereocenters. The first-order chi connectivity index (χ1) is 17.1. The van der Waals surface area contributed by atoms with Gasteiger partial charge in [-0.25, -0.2) is 4.98 Å². The lowest BCUT2D eigenvalue weighted by molar-refractivity contribution is 0.0923. The fourth-order valence-electron chi connectivity index (χ4n) is 4.92. The van der Waals surface area contributed by atoms with Crippen molar-refractivity contribution in [2.75, 3.05) is 24.6 Å². The molecule has 1 aliphatic heterocycles. The molecule has 3 aliphatic rings. The number of carbonyl (C=O) groups is 1. The number of pyridine rings is 1. The number of aromatic nitrogens is 6. The molecule has 0 radical (unpaired) electrons. The molecule has 180 valence electrons. The second-order valence-corrected chi connectivity index (χ2v) is 10.1. The number of nitrogens with zero attached hydrogens (tertiary/aromatic N) is 7. The van der Waals surface area contributed by atoms with Crippen LogP contribution >= 0.6 is 0 Å². The summed E-state index contributed by atoms with van der Waals surface area (Å²) in [6.45, 7) is 1.73. The van der Waals surface area contributed by atoms with Crippen molar-refractivity contribution < 1.29 is 9.53 Å². The number of H-pyrrole nitrogens is 1. The molecule has 4 heterocycles. The van der Waals surface area contributed by atoms with Crippen LogP contribution in [-0.4, -0.2) is 55.6 Å². The highest BCUT2D eigenvalue weighted by Crippen LogP contribution is 2.45. The number of aromatic amines is 1. The summed E-state index contributed by atoms with van der Waals surface area (Å²) in [5.41, 5.74) is 1.42. The molecule has 0 atom stereocenters. The van der Waals surface area contributed by atoms with Crippen molar-refractivity contribution in [1.29, 1.82) is 5.26 Å². The molecule has 0 spiro atoms. The Balaban J connectivity index is 1.20. The first-order valence-corrected chi connectivity index (χ1v) is 12.5. The minimum Gasteiger partial charge on any atom is -0.462 e. The van der Waals surface area contributed by atoms with Gasteiger partial charge in [0.1, 0.15) is 6.61 Å². The second-order valence-electron chi connectivity index (χ2n) is 10.1. The number of Topliss-reactive ketones (excluding diaryl/α,β-unsaturated/α-hetero) is 1. The standard InChI is InChI=1S/C25H28N8O2/c26-14-25(8-9-25)15-35-24-29-22(19(34)13-16-3-1-4-16)28-23(30-24)33-11-6-17(7-12-33)20-18-5-2-10-27-21(18)32-31-20/h2,5,10,16-17H,1,3-4,6-9,11-13,15H2,(H,27,31,32). The SMILES string of the molecule is N#CC1(COc2nc(C(=O)CC3CCC3)nc(N3CCC(c4[nH]nc5ncccc45)CC3)n2)CC1. The maximum absolute atomic E-state index is 12.9. The molecular weight excluding hydrogens is 444 g/mol. The number of hydrogen-bond donors (Lipinski definition) is 1. The molecule has 0 bridgehead atoms. The molecule has 10 nitrogen and oxygen atoms in total. The van der Waals surface area contributed by atoms with Gasteiger partial charge in [0.15, 0.2) is 5.65 Å². The Bertz CT molecular complexity index is 1280. The average molecular weight is 473 g/mol. The average Bonchev–Trinajstić information content (AvgIpc) is 3.54. The summed E-state index contributed by atoms with van der Waals surface area (Å²) in [5, 5.41) is 18.0. The van der Waals surface area contributed by atoms with Crippen LogP contribution in [-0.2, 0) is 0 Å². The zero-order valence-corrected chi connectivity index (χ0v) is 19.6. The topological polar surface area (TPSA) is 134 Å². The van der Waals surface area contributed by atoms with Crippen LogP contribution in [0.2, 0.25) is 0 Å². The highest BCUT2D eigenvalue weighted by atomic mass is 16.5. The van der Waals surface area contributed by atoms with Gasteiger partial charge < -0.3 is 9.64 Å². The van der Waals surface area contributed by atoms with Crippen molar-refractivity contribution in [1.82, 2.24) is 30.1 Å². The Kier molecular flexibility index (Phi) is 5.55. The van der Waals surface area contributed by atoms with Crippen LogP contribution in [0, 0.1) is 22.7 Å². The van der Waals surface area contributed by atoms with E-state index in [1.807, 2.05) is 6.07 Å². The van der Waals surface area contributed by atoms with Gasteiger partial charge in [-0.05, 0) is 56.6 Å². The maximum Gasteiger partial charge on any atom is 0.321 e. The van der Waals surface area contributed by atoms with E-state index < -0.39 is 5.41 Å². The third-order valence-electron chi connectivity index (χ3n) is 7.66. The molecular formula is C25H28N8O2. The minimum absolute atomic E-state index is 0.0593. The van der Waals surface area contributed by atoms with E-state index in [2.05, 4.69) is 47.2 Å². The van der Waals surface area contributed by atoms with E-state index in [1.165, 1.54) is 6.42 Å². The van der Waals surface area contributed by atoms with E-state index in [1.54, 1.807) is 6.20 Å². The van der Waals surface area contributed by atoms with Gasteiger partial charge in [0, 0.05) is 42.7 Å². The van der Waals surface area contributed by atoms with Crippen LogP contribution in [0.4, 0.5) is 5.95 Å². The monoisotopic (exact) mass is 472 g/mol. The Hall–Kier alpha value is -3.61. The van der Waals surface area contributed by atoms with E-state index in [9.17, 15) is 10.1 Å². The number of anilines is 1. The van der Waals surface area contributed by atoms with Gasteiger partial charge in [0.2, 0.25) is 17.6 Å². The first kappa shape index (κ1) is 21.9. The Morgan fingerprint density at radius 2 is 2.03 bits per heavy atom. The van der Waals surface area contributed by atoms with Crippen LogP contribution in [0.5, 0.6) is 6.01 Å². The Morgan fingerprint density at radius 3 is 2.74 bits per heavy atom. The second kappa shape index (κ2) is 8.87. The van der Waals surface area contributed by atoms with Crippen LogP contribution in [0.15, 0.2) is 18.3 Å². The number of fused-ring (bicyclic) bond motifs is 1. The lowest BCUT2D eigenvalue weighted by Crippen LogP contribution is -2.35. The van der Waals surface area contributed by atoms with Crippen molar-refractivity contribution in [3.63, 3.8) is 0 Å². The largest absolute Gasteiger partial charge is 0.462 e. The third-order valence-corrected chi connectivity index (χ3v) is 7.66. The predicted molar refractivity (Wildman–Crippen MR) is 127 cm³/mol. The first-order valence-electron chi connectivity index (χ1n) is 12.5. The number of hydrogen-bond acceptors (Lipinski definition) is 9. The molecule has 3 fully saturated rings. The summed E-state index contributed by atoms with van der Waals surface area (Å²) in [7, 11) is 0. The molecule has 10 heteroatoms. The summed E-state index contributed by atoms with van der Waals surface area (Å²) in [6, 6.07) is 6.45. The van der Waals surface area contributed by atoms with Gasteiger partial charge >= 0.3 is 6.01 Å². The van der Waals surface area contributed by atoms with Crippen LogP contribution < -0.4 is 9.64 Å². The van der Waals surface area contributed by atoms with Gasteiger partial charge in [0.25, 0.3) is 0 Å². The zero-order chi connectivity index (χ0) is 23.8. The molecule has 1 N–H and O–H groups in total. The van der Waals surface area contributed by atoms with Crippen molar-refractivity contribution in [2.45, 2.75) is 57.3 Å². The molecule has 3 aromatic rings. The number of piperidine rings is 1. The summed E-state index contributed by atoms with van der Waals surface area (Å²) in [5.74, 6) is 1.35. The number of rotatable bonds is 8. The summed E-state index contributed by atoms with van der Waals surface area (Å²) in [6.07, 6.45) is 9.01. The summed E-state index contributed by atoms with van der Waals surface area (Å²) < 4.78 is 5.84. The lowest BCUT2D eigenvalue weighted by Gasteiger charge is -2.31. The fraction of sp³-hybridized carbons (Fsp3) is 0.560. The lowest BCUT2D eigenvalue weighted by atomic mass is 9.82. The van der Waals surface area contributed by atoms with E-state index in [-0.39, 0.29) is 24.2 Å². The van der Waals surface area contributed by atoms with Gasteiger partial charge in [-0.3, -0.25) is 9.89 Å². The predicted octanol–water partition coefficient (Wildman–Crippen LogP) is 3.58. The molecule has 1 saturated heterocycles. The summed E-state index contributed by atoms with van der Waals surface area (Å²) in [4.78, 5) is 32.8. The highest BCUT2D eigenvalue weighted by Gasteiger charge is 2.44. The fourth-order valence-corrected chi connectivity index (χ4v) is 4.92. The van der Waals surface area contributed by atoms with E-state index in [0.717, 1.165) is 68.3 Å². The van der Waals surface area contributed by atoms with Gasteiger partial charge in [-0.2, -0.15) is 25.3 Å². The molecule has 2 aliphatic carbocycles. The zero-order valence-electron chi connectivity index (χ0n) is 19.6. The van der Waals surface area contributed by atoms with E-state index in [0.29, 0.717) is 24.2 Å². The van der Waals surface area contributed by atoms with Gasteiger partial charge in [-0.1, -0.05) is 6.42 Å². The van der Waals surface area contributed by atoms with Crippen LogP contribution in [0.1, 0.15) is 73.6 Å². The third kappa shape index (κ3) is 4.43. The smallest absolute Gasteiger partial charge is 0.321 e. The van der Waals surface area contributed by atoms with Crippen molar-refractivity contribution >= 4 is 22.8 Å². The summed E-state index contributed by atoms with van der Waals surface area (Å²) >= 11 is 0. The molecule has 3 aromatic heterocycles. The number of ether oxygens (including phenoxy) is 1. The van der Waals surface area contributed by atoms with Crippen molar-refractivity contribution in [3.05, 3.63) is 29.8 Å². The normalized spacial score (nSPS) is 19.8. The van der Waals surface area contributed by atoms with E-state index >= 15 is 0 Å². The van der Waals surface area contributed by atoms with Crippen LogP contribution in [0.3, 0.4) is 0 Å². The number of carbonyl (C=O) groups excluding carboxylic acids is 1. The molecule has 0 aromatic carbocycles. The molecule has 2 saturated carbocycles. The van der Waals surface area contributed by atoms with E-state index in [4.69, 9.17) is 4.74 Å². The number of nitrogens with one attached hydrogen (secondary N) is 1. The quantitative estimate of drug-likeness (QED) is 0.488. The number of nitriles is 1. The minimum atomic E-state index is -0.442. The Morgan fingerprint density at radius 1 is 1.20 bits per heavy atom. The van der Waals surface area contributed by atoms with Crippen LogP contribution in [0.25, 0.3) is 11.0 Å². The Labute approximate surface area is 203 Å².